The quantitative estimate of drug-likeness (QED) is 0.882. The first-order valence-corrected chi connectivity index (χ1v) is 8.70. The smallest absolute Gasteiger partial charge is 0.157 e. The van der Waals surface area contributed by atoms with Crippen LogP contribution in [0.15, 0.2) is 11.1 Å². The topological polar surface area (TPSA) is 24.4 Å². The maximum absolute atomic E-state index is 4.64. The van der Waals surface area contributed by atoms with Gasteiger partial charge in [-0.05, 0) is 44.7 Å². The zero-order valence-electron chi connectivity index (χ0n) is 12.5. The van der Waals surface area contributed by atoms with Gasteiger partial charge in [0.1, 0.15) is 0 Å². The largest absolute Gasteiger partial charge is 0.358 e. The van der Waals surface area contributed by atoms with Gasteiger partial charge in [-0.1, -0.05) is 25.6 Å². The maximum Gasteiger partial charge on any atom is 0.157 e. The van der Waals surface area contributed by atoms with Crippen molar-refractivity contribution < 1.29 is 0 Å². The lowest BCUT2D eigenvalue weighted by molar-refractivity contribution is 0.575. The summed E-state index contributed by atoms with van der Waals surface area (Å²) in [4.78, 5) is 7.45. The summed E-state index contributed by atoms with van der Waals surface area (Å²) in [6, 6.07) is 2.65. The van der Waals surface area contributed by atoms with Gasteiger partial charge in [0.25, 0.3) is 0 Å². The summed E-state index contributed by atoms with van der Waals surface area (Å²) in [7, 11) is 0. The zero-order valence-corrected chi connectivity index (χ0v) is 14.1. The predicted molar refractivity (Wildman–Crippen MR) is 88.5 cm³/mol. The minimum Gasteiger partial charge on any atom is -0.358 e. The molecular formula is C15H24N2S2. The van der Waals surface area contributed by atoms with E-state index < -0.39 is 0 Å². The van der Waals surface area contributed by atoms with E-state index in [0.717, 1.165) is 17.6 Å². The Hall–Kier alpha value is -0.480. The molecule has 0 bridgehead atoms. The number of aryl methyl sites for hydroxylation is 2. The number of thioether (sulfide) groups is 1. The van der Waals surface area contributed by atoms with Gasteiger partial charge in [-0.3, -0.25) is 4.99 Å². The van der Waals surface area contributed by atoms with Gasteiger partial charge in [-0.15, -0.1) is 11.3 Å². The summed E-state index contributed by atoms with van der Waals surface area (Å²) in [5.41, 5.74) is 1.41. The molecule has 2 atom stereocenters. The first-order valence-electron chi connectivity index (χ1n) is 7.00. The van der Waals surface area contributed by atoms with Crippen LogP contribution in [0, 0.1) is 19.8 Å². The maximum atomic E-state index is 4.64. The number of thiophene rings is 1. The van der Waals surface area contributed by atoms with Gasteiger partial charge in [0.05, 0.1) is 12.6 Å². The lowest BCUT2D eigenvalue weighted by Gasteiger charge is -2.16. The highest BCUT2D eigenvalue weighted by Gasteiger charge is 2.22. The second-order valence-electron chi connectivity index (χ2n) is 5.75. The molecule has 1 aromatic rings. The predicted octanol–water partition coefficient (Wildman–Crippen LogP) is 4.53. The molecule has 1 aromatic heterocycles. The molecule has 0 fully saturated rings. The third-order valence-corrected chi connectivity index (χ3v) is 5.46. The standard InChI is InChI=1S/C15H24N2S2/c1-9(2)6-13-8-16-15(19-13)17-11(4)14-7-10(3)18-12(14)5/h7,9,11,13H,6,8H2,1-5H3,(H,16,17). The van der Waals surface area contributed by atoms with Crippen LogP contribution in [0.3, 0.4) is 0 Å². The fourth-order valence-corrected chi connectivity index (χ4v) is 4.85. The summed E-state index contributed by atoms with van der Waals surface area (Å²) in [6.45, 7) is 12.1. The fraction of sp³-hybridized carbons (Fsp3) is 0.667. The Morgan fingerprint density at radius 2 is 2.11 bits per heavy atom. The van der Waals surface area contributed by atoms with Crippen LogP contribution in [-0.4, -0.2) is 17.0 Å². The number of amidine groups is 1. The third kappa shape index (κ3) is 3.99. The summed E-state index contributed by atoms with van der Waals surface area (Å²) >= 11 is 3.79. The van der Waals surface area contributed by atoms with Crippen LogP contribution in [-0.2, 0) is 0 Å². The van der Waals surface area contributed by atoms with E-state index in [9.17, 15) is 0 Å². The molecule has 2 rings (SSSR count). The second kappa shape index (κ2) is 6.31. The van der Waals surface area contributed by atoms with Crippen molar-refractivity contribution in [1.82, 2.24) is 5.32 Å². The van der Waals surface area contributed by atoms with E-state index in [4.69, 9.17) is 0 Å². The third-order valence-electron chi connectivity index (χ3n) is 3.34. The van der Waals surface area contributed by atoms with Crippen molar-refractivity contribution in [1.29, 1.82) is 0 Å². The average molecular weight is 297 g/mol. The molecule has 2 nitrogen and oxygen atoms in total. The molecule has 0 saturated heterocycles. The van der Waals surface area contributed by atoms with Crippen molar-refractivity contribution in [3.8, 4) is 0 Å². The van der Waals surface area contributed by atoms with Crippen LogP contribution in [0.1, 0.15) is 48.6 Å². The normalized spacial score (nSPS) is 20.7. The van der Waals surface area contributed by atoms with Gasteiger partial charge in [0.2, 0.25) is 0 Å². The molecule has 2 heterocycles. The Labute approximate surface area is 125 Å². The van der Waals surface area contributed by atoms with Crippen LogP contribution in [0.5, 0.6) is 0 Å². The Kier molecular flexibility index (Phi) is 4.96. The molecule has 106 valence electrons. The Morgan fingerprint density at radius 1 is 1.37 bits per heavy atom. The SMILES string of the molecule is Cc1cc(C(C)NC2=NCC(CC(C)C)S2)c(C)s1. The Bertz CT molecular complexity index is 463. The molecule has 1 N–H and O–H groups in total. The lowest BCUT2D eigenvalue weighted by atomic mass is 10.1. The number of hydrogen-bond acceptors (Lipinski definition) is 4. The van der Waals surface area contributed by atoms with Gasteiger partial charge in [-0.2, -0.15) is 0 Å². The van der Waals surface area contributed by atoms with Crippen molar-refractivity contribution >= 4 is 28.3 Å². The van der Waals surface area contributed by atoms with Crippen LogP contribution < -0.4 is 5.32 Å². The highest BCUT2D eigenvalue weighted by atomic mass is 32.2. The van der Waals surface area contributed by atoms with E-state index in [1.165, 1.54) is 21.7 Å². The van der Waals surface area contributed by atoms with Gasteiger partial charge in [0.15, 0.2) is 5.17 Å². The zero-order chi connectivity index (χ0) is 14.0. The molecule has 0 saturated carbocycles. The van der Waals surface area contributed by atoms with Crippen LogP contribution >= 0.6 is 23.1 Å². The first-order chi connectivity index (χ1) is 8.95. The average Bonchev–Trinajstić information content (AvgIpc) is 2.84. The molecule has 0 amide bonds. The fourth-order valence-electron chi connectivity index (χ4n) is 2.49. The second-order valence-corrected chi connectivity index (χ2v) is 8.50. The van der Waals surface area contributed by atoms with Crippen molar-refractivity contribution in [3.63, 3.8) is 0 Å². The van der Waals surface area contributed by atoms with Gasteiger partial charge in [0, 0.05) is 15.0 Å². The molecule has 0 spiro atoms. The van der Waals surface area contributed by atoms with E-state index in [1.54, 1.807) is 0 Å². The van der Waals surface area contributed by atoms with Gasteiger partial charge < -0.3 is 5.32 Å². The number of hydrogen-bond donors (Lipinski definition) is 1. The van der Waals surface area contributed by atoms with Crippen molar-refractivity contribution in [2.45, 2.75) is 52.3 Å². The number of aliphatic imine (C=N–C) groups is 1. The summed E-state index contributed by atoms with van der Waals surface area (Å²) < 4.78 is 0. The number of nitrogens with zero attached hydrogens (tertiary/aromatic N) is 1. The first kappa shape index (κ1) is 14.9. The molecule has 0 aliphatic carbocycles. The number of rotatable bonds is 4. The highest BCUT2D eigenvalue weighted by molar-refractivity contribution is 8.14. The minimum absolute atomic E-state index is 0.356. The molecular weight excluding hydrogens is 272 g/mol. The van der Waals surface area contributed by atoms with E-state index in [1.807, 2.05) is 23.1 Å². The van der Waals surface area contributed by atoms with Crippen LogP contribution in [0.25, 0.3) is 0 Å². The Morgan fingerprint density at radius 3 is 2.68 bits per heavy atom. The van der Waals surface area contributed by atoms with Gasteiger partial charge >= 0.3 is 0 Å². The highest BCUT2D eigenvalue weighted by Crippen LogP contribution is 2.29. The van der Waals surface area contributed by atoms with E-state index in [2.05, 4.69) is 51.0 Å². The Balaban J connectivity index is 1.90. The summed E-state index contributed by atoms with van der Waals surface area (Å²) in [5.74, 6) is 0.756. The molecule has 1 aliphatic rings. The molecule has 0 aromatic carbocycles. The van der Waals surface area contributed by atoms with E-state index in [0.29, 0.717) is 11.3 Å². The molecule has 0 radical (unpaired) electrons. The van der Waals surface area contributed by atoms with Crippen molar-refractivity contribution in [3.05, 3.63) is 21.4 Å². The van der Waals surface area contributed by atoms with E-state index >= 15 is 0 Å². The van der Waals surface area contributed by atoms with Crippen molar-refractivity contribution in [2.75, 3.05) is 6.54 Å². The summed E-state index contributed by atoms with van der Waals surface area (Å²) in [5, 5.41) is 5.37. The number of nitrogens with one attached hydrogen (secondary N) is 1. The molecule has 4 heteroatoms. The summed E-state index contributed by atoms with van der Waals surface area (Å²) in [6.07, 6.45) is 1.25. The molecule has 1 aliphatic heterocycles. The van der Waals surface area contributed by atoms with Gasteiger partial charge in [-0.25, -0.2) is 0 Å². The molecule has 19 heavy (non-hydrogen) atoms. The minimum atomic E-state index is 0.356. The molecule has 2 unspecified atom stereocenters. The monoisotopic (exact) mass is 296 g/mol. The van der Waals surface area contributed by atoms with E-state index in [-0.39, 0.29) is 0 Å². The van der Waals surface area contributed by atoms with Crippen LogP contribution in [0.2, 0.25) is 0 Å². The van der Waals surface area contributed by atoms with Crippen molar-refractivity contribution in [2.24, 2.45) is 10.9 Å². The van der Waals surface area contributed by atoms with Crippen LogP contribution in [0.4, 0.5) is 0 Å². The lowest BCUT2D eigenvalue weighted by Crippen LogP contribution is -2.23.